The lowest BCUT2D eigenvalue weighted by atomic mass is 10.1. The molecule has 0 radical (unpaired) electrons. The summed E-state index contributed by atoms with van der Waals surface area (Å²) in [4.78, 5) is 15.3. The van der Waals surface area contributed by atoms with Gasteiger partial charge in [-0.2, -0.15) is 9.78 Å². The number of benzene rings is 3. The van der Waals surface area contributed by atoms with Crippen LogP contribution in [0.3, 0.4) is 0 Å². The summed E-state index contributed by atoms with van der Waals surface area (Å²) in [6, 6.07) is 27.0. The summed E-state index contributed by atoms with van der Waals surface area (Å²) in [7, 11) is 4.96. The number of aromatic nitrogens is 2. The molecule has 6 heteroatoms. The van der Waals surface area contributed by atoms with Crippen LogP contribution >= 0.6 is 0 Å². The zero-order chi connectivity index (χ0) is 22.5. The van der Waals surface area contributed by atoms with E-state index in [1.165, 1.54) is 0 Å². The van der Waals surface area contributed by atoms with Gasteiger partial charge in [-0.15, -0.1) is 0 Å². The molecule has 4 aromatic rings. The molecule has 0 saturated heterocycles. The lowest BCUT2D eigenvalue weighted by Crippen LogP contribution is -2.27. The highest BCUT2D eigenvalue weighted by Gasteiger charge is 2.28. The summed E-state index contributed by atoms with van der Waals surface area (Å²) in [6.07, 6.45) is 0. The number of amides is 1. The van der Waals surface area contributed by atoms with Gasteiger partial charge in [0.2, 0.25) is 5.88 Å². The minimum absolute atomic E-state index is 0.175. The van der Waals surface area contributed by atoms with Crippen LogP contribution in [0.5, 0.6) is 11.6 Å². The Hall–Kier alpha value is -4.06. The van der Waals surface area contributed by atoms with Gasteiger partial charge in [-0.1, -0.05) is 60.7 Å². The molecule has 162 valence electrons. The van der Waals surface area contributed by atoms with Crippen molar-refractivity contribution in [1.29, 1.82) is 0 Å². The molecule has 0 N–H and O–H groups in total. The van der Waals surface area contributed by atoms with E-state index in [0.717, 1.165) is 22.6 Å². The summed E-state index contributed by atoms with van der Waals surface area (Å²) in [6.45, 7) is 0.421. The van der Waals surface area contributed by atoms with Gasteiger partial charge in [-0.3, -0.25) is 4.79 Å². The third-order valence-corrected chi connectivity index (χ3v) is 5.20. The molecule has 4 rings (SSSR count). The van der Waals surface area contributed by atoms with E-state index in [9.17, 15) is 4.79 Å². The molecule has 0 spiro atoms. The second-order valence-electron chi connectivity index (χ2n) is 7.36. The molecule has 0 bridgehead atoms. The minimum Gasteiger partial charge on any atom is -0.497 e. The fraction of sp³-hybridized carbons (Fsp3) is 0.154. The van der Waals surface area contributed by atoms with Crippen molar-refractivity contribution in [3.8, 4) is 28.6 Å². The van der Waals surface area contributed by atoms with Gasteiger partial charge in [0, 0.05) is 19.2 Å². The number of rotatable bonds is 7. The smallest absolute Gasteiger partial charge is 0.261 e. The fourth-order valence-electron chi connectivity index (χ4n) is 3.63. The standard InChI is InChI=1S/C26H25N3O3/c1-28(18-19-11-10-16-22(17-19)31-2)25(30)23-24(20-12-6-4-7-13-20)27-29(26(23)32-3)21-14-8-5-9-15-21/h4-17H,18H2,1-3H3. The fourth-order valence-corrected chi connectivity index (χ4v) is 3.63. The average molecular weight is 428 g/mol. The van der Waals surface area contributed by atoms with E-state index < -0.39 is 0 Å². The van der Waals surface area contributed by atoms with Gasteiger partial charge < -0.3 is 14.4 Å². The molecule has 1 heterocycles. The molecule has 0 fully saturated rings. The van der Waals surface area contributed by atoms with E-state index in [0.29, 0.717) is 23.7 Å². The molecule has 3 aromatic carbocycles. The predicted octanol–water partition coefficient (Wildman–Crippen LogP) is 4.83. The van der Waals surface area contributed by atoms with Gasteiger partial charge in [0.05, 0.1) is 19.9 Å². The van der Waals surface area contributed by atoms with E-state index in [1.54, 1.807) is 30.8 Å². The predicted molar refractivity (Wildman–Crippen MR) is 124 cm³/mol. The Labute approximate surface area is 187 Å². The molecule has 6 nitrogen and oxygen atoms in total. The number of carbonyl (C=O) groups excluding carboxylic acids is 1. The SMILES string of the molecule is COc1cccc(CN(C)C(=O)c2c(-c3ccccc3)nn(-c3ccccc3)c2OC)c1. The first kappa shape index (κ1) is 21.2. The summed E-state index contributed by atoms with van der Waals surface area (Å²) in [5.41, 5.74) is 3.63. The lowest BCUT2D eigenvalue weighted by Gasteiger charge is -2.18. The number of para-hydroxylation sites is 1. The normalized spacial score (nSPS) is 10.6. The Kier molecular flexibility index (Phi) is 6.22. The minimum atomic E-state index is -0.175. The van der Waals surface area contributed by atoms with E-state index >= 15 is 0 Å². The number of ether oxygens (including phenoxy) is 2. The Morgan fingerprint density at radius 1 is 0.906 bits per heavy atom. The molecule has 1 aromatic heterocycles. The van der Waals surface area contributed by atoms with Crippen LogP contribution in [0.15, 0.2) is 84.9 Å². The third-order valence-electron chi connectivity index (χ3n) is 5.20. The monoisotopic (exact) mass is 427 g/mol. The van der Waals surface area contributed by atoms with Crippen LogP contribution in [-0.4, -0.2) is 41.9 Å². The zero-order valence-corrected chi connectivity index (χ0v) is 18.4. The van der Waals surface area contributed by atoms with Crippen molar-refractivity contribution in [1.82, 2.24) is 14.7 Å². The van der Waals surface area contributed by atoms with E-state index in [2.05, 4.69) is 0 Å². The number of hydrogen-bond acceptors (Lipinski definition) is 4. The molecular formula is C26H25N3O3. The molecule has 0 unspecified atom stereocenters. The van der Waals surface area contributed by atoms with Crippen LogP contribution in [0.4, 0.5) is 0 Å². The van der Waals surface area contributed by atoms with Gasteiger partial charge in [-0.25, -0.2) is 0 Å². The van der Waals surface area contributed by atoms with E-state index in [4.69, 9.17) is 14.6 Å². The first-order valence-electron chi connectivity index (χ1n) is 10.3. The topological polar surface area (TPSA) is 56.6 Å². The first-order valence-corrected chi connectivity index (χ1v) is 10.3. The van der Waals surface area contributed by atoms with Gasteiger partial charge in [0.15, 0.2) is 0 Å². The summed E-state index contributed by atoms with van der Waals surface area (Å²) < 4.78 is 12.7. The second-order valence-corrected chi connectivity index (χ2v) is 7.36. The summed E-state index contributed by atoms with van der Waals surface area (Å²) in [5.74, 6) is 0.978. The quantitative estimate of drug-likeness (QED) is 0.424. The highest BCUT2D eigenvalue weighted by Crippen LogP contribution is 2.33. The largest absolute Gasteiger partial charge is 0.497 e. The highest BCUT2D eigenvalue weighted by atomic mass is 16.5. The summed E-state index contributed by atoms with van der Waals surface area (Å²) in [5, 5.41) is 4.78. The van der Waals surface area contributed by atoms with Crippen LogP contribution < -0.4 is 9.47 Å². The summed E-state index contributed by atoms with van der Waals surface area (Å²) >= 11 is 0. The van der Waals surface area contributed by atoms with Crippen molar-refractivity contribution >= 4 is 5.91 Å². The van der Waals surface area contributed by atoms with Gasteiger partial charge in [0.1, 0.15) is 17.0 Å². The number of nitrogens with zero attached hydrogens (tertiary/aromatic N) is 3. The van der Waals surface area contributed by atoms with Gasteiger partial charge >= 0.3 is 0 Å². The molecule has 32 heavy (non-hydrogen) atoms. The molecule has 1 amide bonds. The Morgan fingerprint density at radius 3 is 2.25 bits per heavy atom. The maximum absolute atomic E-state index is 13.7. The number of methoxy groups -OCH3 is 2. The van der Waals surface area contributed by atoms with Crippen molar-refractivity contribution in [2.75, 3.05) is 21.3 Å². The van der Waals surface area contributed by atoms with Crippen LogP contribution in [-0.2, 0) is 6.54 Å². The molecule has 0 aliphatic heterocycles. The van der Waals surface area contributed by atoms with E-state index in [-0.39, 0.29) is 5.91 Å². The Balaban J connectivity index is 1.79. The van der Waals surface area contributed by atoms with E-state index in [1.807, 2.05) is 84.9 Å². The Morgan fingerprint density at radius 2 is 1.59 bits per heavy atom. The zero-order valence-electron chi connectivity index (χ0n) is 18.4. The lowest BCUT2D eigenvalue weighted by molar-refractivity contribution is 0.0782. The molecule has 0 aliphatic carbocycles. The Bertz CT molecular complexity index is 1200. The van der Waals surface area contributed by atoms with Crippen molar-refractivity contribution < 1.29 is 14.3 Å². The number of hydrogen-bond donors (Lipinski definition) is 0. The molecule has 0 atom stereocenters. The van der Waals surface area contributed by atoms with Crippen LogP contribution in [0, 0.1) is 0 Å². The molecular weight excluding hydrogens is 402 g/mol. The van der Waals surface area contributed by atoms with Crippen molar-refractivity contribution in [3.05, 3.63) is 96.1 Å². The molecule has 0 aliphatic rings. The van der Waals surface area contributed by atoms with Gasteiger partial charge in [0.25, 0.3) is 5.91 Å². The van der Waals surface area contributed by atoms with Crippen LogP contribution in [0.25, 0.3) is 16.9 Å². The average Bonchev–Trinajstić information content (AvgIpc) is 3.24. The van der Waals surface area contributed by atoms with Crippen LogP contribution in [0.1, 0.15) is 15.9 Å². The first-order chi connectivity index (χ1) is 15.6. The highest BCUT2D eigenvalue weighted by molar-refractivity contribution is 6.02. The molecule has 0 saturated carbocycles. The number of carbonyl (C=O) groups is 1. The van der Waals surface area contributed by atoms with Crippen molar-refractivity contribution in [2.24, 2.45) is 0 Å². The maximum atomic E-state index is 13.7. The van der Waals surface area contributed by atoms with Crippen molar-refractivity contribution in [3.63, 3.8) is 0 Å². The van der Waals surface area contributed by atoms with Gasteiger partial charge in [-0.05, 0) is 29.8 Å². The third kappa shape index (κ3) is 4.21. The second kappa shape index (κ2) is 9.39. The van der Waals surface area contributed by atoms with Crippen molar-refractivity contribution in [2.45, 2.75) is 6.54 Å². The maximum Gasteiger partial charge on any atom is 0.261 e. The van der Waals surface area contributed by atoms with Crippen LogP contribution in [0.2, 0.25) is 0 Å².